The van der Waals surface area contributed by atoms with Crippen LogP contribution in [0.2, 0.25) is 0 Å². The van der Waals surface area contributed by atoms with Gasteiger partial charge >= 0.3 is 0 Å². The maximum atomic E-state index is 11.7. The molecule has 3 aromatic rings. The lowest BCUT2D eigenvalue weighted by Gasteiger charge is -2.29. The molecule has 0 aliphatic carbocycles. The molecule has 140 valence electrons. The summed E-state index contributed by atoms with van der Waals surface area (Å²) < 4.78 is 11.1. The monoisotopic (exact) mass is 366 g/mol. The van der Waals surface area contributed by atoms with Crippen LogP contribution in [-0.2, 0) is 11.2 Å². The molecule has 6 nitrogen and oxygen atoms in total. The van der Waals surface area contributed by atoms with E-state index < -0.39 is 12.0 Å². The van der Waals surface area contributed by atoms with Gasteiger partial charge in [-0.15, -0.1) is 0 Å². The summed E-state index contributed by atoms with van der Waals surface area (Å²) in [7, 11) is 1.60. The third-order valence-electron chi connectivity index (χ3n) is 5.16. The fourth-order valence-electron chi connectivity index (χ4n) is 3.91. The molecule has 0 bridgehead atoms. The van der Waals surface area contributed by atoms with E-state index >= 15 is 0 Å². The first-order valence-electron chi connectivity index (χ1n) is 9.08. The summed E-state index contributed by atoms with van der Waals surface area (Å²) in [6.07, 6.45) is 0.437. The number of hydrogen-bond acceptors (Lipinski definition) is 4. The third-order valence-corrected chi connectivity index (χ3v) is 5.16. The molecule has 2 atom stereocenters. The molecule has 0 spiro atoms. The van der Waals surface area contributed by atoms with E-state index in [9.17, 15) is 9.90 Å². The lowest BCUT2D eigenvalue weighted by atomic mass is 9.90. The van der Waals surface area contributed by atoms with E-state index in [1.165, 1.54) is 0 Å². The summed E-state index contributed by atoms with van der Waals surface area (Å²) in [6, 6.07) is 12.9. The van der Waals surface area contributed by atoms with Crippen molar-refractivity contribution in [1.82, 2.24) is 4.98 Å². The van der Waals surface area contributed by atoms with Gasteiger partial charge in [0.05, 0.1) is 25.4 Å². The van der Waals surface area contributed by atoms with Gasteiger partial charge in [0.2, 0.25) is 0 Å². The average molecular weight is 366 g/mol. The highest BCUT2D eigenvalue weighted by Crippen LogP contribution is 2.35. The molecule has 0 amide bonds. The van der Waals surface area contributed by atoms with Crippen molar-refractivity contribution in [3.63, 3.8) is 0 Å². The van der Waals surface area contributed by atoms with Crippen LogP contribution in [0.4, 0.5) is 0 Å². The zero-order valence-electron chi connectivity index (χ0n) is 15.3. The number of fused-ring (bicyclic) bond motifs is 3. The number of nitrogens with two attached hydrogens (primary N) is 1. The normalized spacial score (nSPS) is 18.9. The lowest BCUT2D eigenvalue weighted by molar-refractivity contribution is -0.717. The van der Waals surface area contributed by atoms with Gasteiger partial charge in [-0.3, -0.25) is 0 Å². The molecule has 2 aromatic carbocycles. The Hall–Kier alpha value is -2.99. The Bertz CT molecular complexity index is 995. The van der Waals surface area contributed by atoms with Crippen molar-refractivity contribution < 1.29 is 24.7 Å². The van der Waals surface area contributed by atoms with Gasteiger partial charge in [-0.25, -0.2) is 0 Å². The summed E-state index contributed by atoms with van der Waals surface area (Å²) in [5.74, 6) is 0.262. The van der Waals surface area contributed by atoms with Crippen LogP contribution in [0, 0.1) is 0 Å². The number of benzene rings is 2. The van der Waals surface area contributed by atoms with Crippen LogP contribution in [0.15, 0.2) is 42.5 Å². The highest BCUT2D eigenvalue weighted by atomic mass is 16.5. The number of aromatic amines is 1. The lowest BCUT2D eigenvalue weighted by Crippen LogP contribution is -2.95. The first kappa shape index (κ1) is 17.4. The summed E-state index contributed by atoms with van der Waals surface area (Å²) in [5.41, 5.74) is 4.03. The van der Waals surface area contributed by atoms with Gasteiger partial charge in [-0.2, -0.15) is 0 Å². The van der Waals surface area contributed by atoms with Gasteiger partial charge in [-0.05, 0) is 36.8 Å². The fourth-order valence-corrected chi connectivity index (χ4v) is 3.91. The van der Waals surface area contributed by atoms with E-state index in [2.05, 4.69) is 4.98 Å². The minimum atomic E-state index is -1.05. The number of hydrogen-bond donors (Lipinski definition) is 2. The molecule has 4 rings (SSSR count). The molecular weight excluding hydrogens is 344 g/mol. The summed E-state index contributed by atoms with van der Waals surface area (Å²) >= 11 is 0. The Labute approximate surface area is 157 Å². The standard InChI is InChI=1S/C21H22N2O4/c1-3-27-17-9-8-12(10-18(17)26-2)19-20-14(11-16(23-19)21(24)25)13-6-4-5-7-15(13)22-20/h4-10,16,19,22-23H,3,11H2,1-2H3,(H,24,25)/t16-,19-/m0/s1. The smallest absolute Gasteiger partial charge is 0.161 e. The van der Waals surface area contributed by atoms with E-state index in [0.717, 1.165) is 27.7 Å². The molecule has 0 unspecified atom stereocenters. The highest BCUT2D eigenvalue weighted by Gasteiger charge is 2.35. The number of nitrogens with one attached hydrogen (secondary N) is 1. The molecule has 0 saturated carbocycles. The molecule has 6 heteroatoms. The van der Waals surface area contributed by atoms with Gasteiger partial charge in [0.1, 0.15) is 6.04 Å². The number of H-pyrrole nitrogens is 1. The largest absolute Gasteiger partial charge is 0.544 e. The molecular formula is C21H22N2O4. The predicted molar refractivity (Wildman–Crippen MR) is 98.7 cm³/mol. The molecule has 0 radical (unpaired) electrons. The molecule has 2 heterocycles. The Morgan fingerprint density at radius 2 is 2.07 bits per heavy atom. The van der Waals surface area contributed by atoms with Crippen LogP contribution in [0.1, 0.15) is 29.8 Å². The minimum absolute atomic E-state index is 0.186. The van der Waals surface area contributed by atoms with E-state index in [4.69, 9.17) is 9.47 Å². The van der Waals surface area contributed by atoms with E-state index in [-0.39, 0.29) is 6.04 Å². The molecule has 1 aliphatic heterocycles. The molecule has 0 fully saturated rings. The van der Waals surface area contributed by atoms with Crippen LogP contribution in [-0.4, -0.2) is 30.7 Å². The van der Waals surface area contributed by atoms with Crippen LogP contribution in [0.25, 0.3) is 10.9 Å². The number of rotatable bonds is 5. The Balaban J connectivity index is 1.84. The zero-order valence-corrected chi connectivity index (χ0v) is 15.3. The molecule has 0 saturated heterocycles. The van der Waals surface area contributed by atoms with Crippen molar-refractivity contribution in [1.29, 1.82) is 0 Å². The number of aromatic nitrogens is 1. The molecule has 1 aliphatic rings. The van der Waals surface area contributed by atoms with Gasteiger partial charge in [-0.1, -0.05) is 18.2 Å². The van der Waals surface area contributed by atoms with Gasteiger partial charge in [0.15, 0.2) is 17.5 Å². The zero-order chi connectivity index (χ0) is 19.0. The number of aliphatic carboxylic acids is 1. The minimum Gasteiger partial charge on any atom is -0.544 e. The van der Waals surface area contributed by atoms with Crippen LogP contribution >= 0.6 is 0 Å². The van der Waals surface area contributed by atoms with Crippen molar-refractivity contribution in [2.24, 2.45) is 0 Å². The number of carbonyl (C=O) groups is 1. The average Bonchev–Trinajstić information content (AvgIpc) is 3.06. The number of quaternary nitrogens is 1. The summed E-state index contributed by atoms with van der Waals surface area (Å²) in [5, 5.41) is 14.6. The Morgan fingerprint density at radius 1 is 1.26 bits per heavy atom. The van der Waals surface area contributed by atoms with Crippen LogP contribution in [0.3, 0.4) is 0 Å². The van der Waals surface area contributed by atoms with Crippen LogP contribution < -0.4 is 19.9 Å². The van der Waals surface area contributed by atoms with Gasteiger partial charge < -0.3 is 29.7 Å². The van der Waals surface area contributed by atoms with Crippen molar-refractivity contribution in [2.45, 2.75) is 25.4 Å². The first-order chi connectivity index (χ1) is 13.1. The first-order valence-corrected chi connectivity index (χ1v) is 9.08. The van der Waals surface area contributed by atoms with Crippen molar-refractivity contribution in [3.8, 4) is 11.5 Å². The van der Waals surface area contributed by atoms with E-state index in [0.29, 0.717) is 24.5 Å². The molecule has 3 N–H and O–H groups in total. The number of carbonyl (C=O) groups excluding carboxylic acids is 1. The van der Waals surface area contributed by atoms with E-state index in [1.54, 1.807) is 7.11 Å². The topological polar surface area (TPSA) is 91.0 Å². The fraction of sp³-hybridized carbons (Fsp3) is 0.286. The SMILES string of the molecule is CCOc1ccc([C@@H]2[NH2+][C@H](C(=O)[O-])Cc3c2[nH]c2ccccc32)cc1OC. The highest BCUT2D eigenvalue weighted by molar-refractivity contribution is 5.86. The second-order valence-electron chi connectivity index (χ2n) is 6.71. The quantitative estimate of drug-likeness (QED) is 0.702. The van der Waals surface area contributed by atoms with Crippen molar-refractivity contribution >= 4 is 16.9 Å². The van der Waals surface area contributed by atoms with Crippen molar-refractivity contribution in [2.75, 3.05) is 13.7 Å². The number of methoxy groups -OCH3 is 1. The maximum Gasteiger partial charge on any atom is 0.161 e. The number of carboxylic acids is 1. The third kappa shape index (κ3) is 3.02. The van der Waals surface area contributed by atoms with Gasteiger partial charge in [0.25, 0.3) is 0 Å². The predicted octanol–water partition coefficient (Wildman–Crippen LogP) is 0.903. The summed E-state index contributed by atoms with van der Waals surface area (Å²) in [4.78, 5) is 15.1. The van der Waals surface area contributed by atoms with Crippen LogP contribution in [0.5, 0.6) is 11.5 Å². The summed E-state index contributed by atoms with van der Waals surface area (Å²) in [6.45, 7) is 2.47. The van der Waals surface area contributed by atoms with Crippen molar-refractivity contribution in [3.05, 3.63) is 59.3 Å². The number of para-hydroxylation sites is 1. The second kappa shape index (κ2) is 6.96. The maximum absolute atomic E-state index is 11.7. The number of ether oxygens (including phenoxy) is 2. The Kier molecular flexibility index (Phi) is 4.49. The molecule has 27 heavy (non-hydrogen) atoms. The molecule has 1 aromatic heterocycles. The second-order valence-corrected chi connectivity index (χ2v) is 6.71. The number of carboxylic acid groups (broad SMARTS) is 1. The van der Waals surface area contributed by atoms with Gasteiger partial charge in [0, 0.05) is 22.9 Å². The van der Waals surface area contributed by atoms with E-state index in [1.807, 2.05) is 54.7 Å². The Morgan fingerprint density at radius 3 is 2.81 bits per heavy atom.